The molecule has 0 bridgehead atoms. The van der Waals surface area contributed by atoms with E-state index in [2.05, 4.69) is 20.8 Å². The van der Waals surface area contributed by atoms with Crippen LogP contribution in [0.3, 0.4) is 0 Å². The maximum absolute atomic E-state index is 12.4. The molecule has 0 aromatic rings. The first-order valence-corrected chi connectivity index (χ1v) is 20.5. The van der Waals surface area contributed by atoms with E-state index in [0.717, 1.165) is 17.5 Å². The number of unbranched alkanes of at least 4 members (excludes halogenated alkanes) is 3. The quantitative estimate of drug-likeness (QED) is 0.290. The van der Waals surface area contributed by atoms with Crippen molar-refractivity contribution in [1.82, 2.24) is 4.90 Å². The molecule has 0 saturated carbocycles. The average Bonchev–Trinajstić information content (AvgIpc) is 2.72. The van der Waals surface area contributed by atoms with Crippen molar-refractivity contribution < 1.29 is 14.3 Å². The van der Waals surface area contributed by atoms with Crippen LogP contribution in [0.25, 0.3) is 0 Å². The second-order valence-corrected chi connectivity index (χ2v) is 24.1. The van der Waals surface area contributed by atoms with Crippen molar-refractivity contribution in [3.05, 3.63) is 0 Å². The number of hydrogen-bond donors (Lipinski definition) is 1. The molecule has 1 amide bonds. The normalized spacial score (nSPS) is 17.2. The molecule has 1 heterocycles. The van der Waals surface area contributed by atoms with Crippen LogP contribution >= 0.6 is 0 Å². The Labute approximate surface area is 190 Å². The molecule has 2 N–H and O–H groups in total. The first kappa shape index (κ1) is 28.0. The van der Waals surface area contributed by atoms with Crippen LogP contribution in [-0.4, -0.2) is 64.8 Å². The van der Waals surface area contributed by atoms with Gasteiger partial charge < -0.3 is 0 Å². The minimum atomic E-state index is -2.34. The summed E-state index contributed by atoms with van der Waals surface area (Å²) in [7, 11) is 0. The molecular weight excluding hydrogens is 483 g/mol. The molecule has 1 rings (SSSR count). The summed E-state index contributed by atoms with van der Waals surface area (Å²) < 4.78 is 17.7. The Morgan fingerprint density at radius 3 is 1.80 bits per heavy atom. The van der Waals surface area contributed by atoms with Gasteiger partial charge in [0.15, 0.2) is 0 Å². The van der Waals surface area contributed by atoms with Crippen molar-refractivity contribution >= 4 is 24.5 Å². The van der Waals surface area contributed by atoms with Crippen molar-refractivity contribution in [3.8, 4) is 0 Å². The fraction of sp³-hybridized carbons (Fsp3) is 0.958. The number of amides is 1. The summed E-state index contributed by atoms with van der Waals surface area (Å²) in [6.45, 7) is 14.6. The van der Waals surface area contributed by atoms with Gasteiger partial charge in [-0.15, -0.1) is 0 Å². The molecule has 5 nitrogen and oxygen atoms in total. The fourth-order valence-corrected chi connectivity index (χ4v) is 19.0. The van der Waals surface area contributed by atoms with Crippen molar-refractivity contribution in [3.63, 3.8) is 0 Å². The molecule has 0 aromatic heterocycles. The third kappa shape index (κ3) is 9.64. The van der Waals surface area contributed by atoms with Crippen LogP contribution in [-0.2, 0) is 9.47 Å². The first-order chi connectivity index (χ1) is 14.1. The molecule has 1 aliphatic rings. The molecule has 0 aliphatic carbocycles. The Balaban J connectivity index is 2.78. The zero-order valence-corrected chi connectivity index (χ0v) is 23.7. The Hall–Kier alpha value is -0.0113. The molecule has 1 fully saturated rings. The standard InChI is InChI=1S/C12H23N2O3.3C4H9.Sn/c1-11(2,3)17-10(15)14-7-5-12(9-13,16-4)6-8-14;3*1-3-4-2;/h4-9,13H2,1-3H3;3*1,3-4H2,2H3;. The number of nitrogens with zero attached hydrogens (tertiary/aromatic N) is 1. The molecule has 30 heavy (non-hydrogen) atoms. The maximum atomic E-state index is 12.4. The van der Waals surface area contributed by atoms with Gasteiger partial charge in [0.05, 0.1) is 0 Å². The predicted octanol–water partition coefficient (Wildman–Crippen LogP) is 6.12. The molecule has 0 spiro atoms. The van der Waals surface area contributed by atoms with Crippen LogP contribution in [0.5, 0.6) is 0 Å². The van der Waals surface area contributed by atoms with Gasteiger partial charge >= 0.3 is 191 Å². The number of carbonyl (C=O) groups excluding carboxylic acids is 1. The number of rotatable bonds is 13. The number of hydrogen-bond acceptors (Lipinski definition) is 4. The van der Waals surface area contributed by atoms with Crippen LogP contribution in [0.4, 0.5) is 4.79 Å². The van der Waals surface area contributed by atoms with Crippen LogP contribution in [0.15, 0.2) is 0 Å². The first-order valence-electron chi connectivity index (χ1n) is 12.5. The number of nitrogens with two attached hydrogens (primary N) is 1. The fourth-order valence-electron chi connectivity index (χ4n) is 4.38. The van der Waals surface area contributed by atoms with E-state index in [1.54, 1.807) is 0 Å². The van der Waals surface area contributed by atoms with Crippen LogP contribution < -0.4 is 5.73 Å². The van der Waals surface area contributed by atoms with Crippen molar-refractivity contribution in [1.29, 1.82) is 0 Å². The van der Waals surface area contributed by atoms with E-state index in [-0.39, 0.29) is 11.7 Å². The van der Waals surface area contributed by atoms with E-state index in [9.17, 15) is 4.79 Å². The van der Waals surface area contributed by atoms with E-state index >= 15 is 0 Å². The van der Waals surface area contributed by atoms with Gasteiger partial charge in [0.1, 0.15) is 0 Å². The van der Waals surface area contributed by atoms with E-state index < -0.39 is 24.0 Å². The number of carbonyl (C=O) groups is 1. The van der Waals surface area contributed by atoms with Crippen LogP contribution in [0.2, 0.25) is 13.3 Å². The van der Waals surface area contributed by atoms with Gasteiger partial charge in [0.2, 0.25) is 0 Å². The minimum absolute atomic E-state index is 0.213. The Morgan fingerprint density at radius 1 is 0.967 bits per heavy atom. The van der Waals surface area contributed by atoms with Crippen LogP contribution in [0, 0.1) is 0 Å². The van der Waals surface area contributed by atoms with Gasteiger partial charge in [0, 0.05) is 0 Å². The Morgan fingerprint density at radius 2 is 1.43 bits per heavy atom. The molecule has 1 saturated heterocycles. The summed E-state index contributed by atoms with van der Waals surface area (Å²) in [6, 6.07) is 0. The van der Waals surface area contributed by atoms with Crippen molar-refractivity contribution in [2.45, 2.75) is 117 Å². The van der Waals surface area contributed by atoms with Gasteiger partial charge in [-0.2, -0.15) is 0 Å². The predicted molar refractivity (Wildman–Crippen MR) is 130 cm³/mol. The number of piperidine rings is 1. The molecule has 0 unspecified atom stereocenters. The summed E-state index contributed by atoms with van der Waals surface area (Å²) in [5.74, 6) is 0. The SMILES string of the molecule is CCC[CH2][Sn]([CH2]CCC)([CH2]CCC)[CH2]OC1(CN)CCN(C(=O)OC(C)(C)C)CC1. The van der Waals surface area contributed by atoms with E-state index in [4.69, 9.17) is 15.2 Å². The molecule has 0 aromatic carbocycles. The molecule has 178 valence electrons. The van der Waals surface area contributed by atoms with Gasteiger partial charge in [-0.3, -0.25) is 0 Å². The van der Waals surface area contributed by atoms with Crippen LogP contribution in [0.1, 0.15) is 92.9 Å². The van der Waals surface area contributed by atoms with E-state index in [1.165, 1.54) is 51.8 Å². The van der Waals surface area contributed by atoms with Crippen molar-refractivity contribution in [2.75, 3.05) is 24.3 Å². The summed E-state index contributed by atoms with van der Waals surface area (Å²) in [4.78, 5) is 14.3. The molecule has 6 heteroatoms. The van der Waals surface area contributed by atoms with Gasteiger partial charge in [-0.1, -0.05) is 0 Å². The van der Waals surface area contributed by atoms with E-state index in [1.807, 2.05) is 25.7 Å². The number of likely N-dealkylation sites (tertiary alicyclic amines) is 1. The summed E-state index contributed by atoms with van der Waals surface area (Å²) in [5, 5.41) is 0. The summed E-state index contributed by atoms with van der Waals surface area (Å²) in [6.07, 6.45) is 9.34. The second kappa shape index (κ2) is 13.5. The second-order valence-electron chi connectivity index (χ2n) is 10.5. The summed E-state index contributed by atoms with van der Waals surface area (Å²) in [5.41, 5.74) is 5.54. The third-order valence-corrected chi connectivity index (χ3v) is 20.8. The van der Waals surface area contributed by atoms with Crippen molar-refractivity contribution in [2.24, 2.45) is 5.73 Å². The zero-order chi connectivity index (χ0) is 22.7. The average molecular weight is 533 g/mol. The van der Waals surface area contributed by atoms with Gasteiger partial charge in [-0.25, -0.2) is 0 Å². The van der Waals surface area contributed by atoms with E-state index in [0.29, 0.717) is 19.6 Å². The molecule has 0 atom stereocenters. The zero-order valence-electron chi connectivity index (χ0n) is 20.9. The molecular formula is C24H50N2O3Sn. The Kier molecular flexibility index (Phi) is 12.6. The summed E-state index contributed by atoms with van der Waals surface area (Å²) >= 11 is -2.34. The van der Waals surface area contributed by atoms with Gasteiger partial charge in [0.25, 0.3) is 0 Å². The molecule has 0 radical (unpaired) electrons. The topological polar surface area (TPSA) is 64.8 Å². The molecule has 1 aliphatic heterocycles. The monoisotopic (exact) mass is 534 g/mol. The third-order valence-electron chi connectivity index (χ3n) is 6.56. The Bertz CT molecular complexity index is 464. The van der Waals surface area contributed by atoms with Gasteiger partial charge in [-0.05, 0) is 0 Å². The number of ether oxygens (including phenoxy) is 2.